The Labute approximate surface area is 227 Å². The molecule has 2 aliphatic rings. The third kappa shape index (κ3) is 5.59. The summed E-state index contributed by atoms with van der Waals surface area (Å²) in [7, 11) is -1.10. The van der Waals surface area contributed by atoms with Crippen LogP contribution >= 0.6 is 19.4 Å². The lowest BCUT2D eigenvalue weighted by molar-refractivity contribution is -0.126. The van der Waals surface area contributed by atoms with Gasteiger partial charge in [-0.2, -0.15) is 0 Å². The summed E-state index contributed by atoms with van der Waals surface area (Å²) in [5.41, 5.74) is 4.05. The van der Waals surface area contributed by atoms with Crippen LogP contribution in [-0.2, 0) is 31.2 Å². The van der Waals surface area contributed by atoms with E-state index in [1.165, 1.54) is 14.2 Å². The number of carbonyl (C=O) groups is 2. The lowest BCUT2D eigenvalue weighted by Gasteiger charge is -2.37. The van der Waals surface area contributed by atoms with Gasteiger partial charge >= 0.3 is 7.60 Å². The highest BCUT2D eigenvalue weighted by Gasteiger charge is 2.43. The Morgan fingerprint density at radius 1 is 1.11 bits per heavy atom. The SMILES string of the molecule is COP(=O)(CN1C(=O)SC(Cc2ccc(OCC3(C)CCc4c(C)c(O)c(C)c(C)c4O3)cc2)C1=O)OC. The van der Waals surface area contributed by atoms with Crippen molar-refractivity contribution in [1.29, 1.82) is 0 Å². The summed E-state index contributed by atoms with van der Waals surface area (Å²) in [6.07, 6.45) is 1.49. The summed E-state index contributed by atoms with van der Waals surface area (Å²) >= 11 is 0.911. The molecule has 1 N–H and O–H groups in total. The molecule has 2 aromatic carbocycles. The van der Waals surface area contributed by atoms with Crippen LogP contribution in [0, 0.1) is 20.8 Å². The van der Waals surface area contributed by atoms with Crippen LogP contribution < -0.4 is 9.47 Å². The molecule has 0 saturated carbocycles. The van der Waals surface area contributed by atoms with Gasteiger partial charge in [0.1, 0.15) is 35.7 Å². The zero-order valence-electron chi connectivity index (χ0n) is 22.5. The van der Waals surface area contributed by atoms with Crippen molar-refractivity contribution in [2.24, 2.45) is 0 Å². The topological polar surface area (TPSA) is 112 Å². The molecule has 9 nitrogen and oxygen atoms in total. The quantitative estimate of drug-likeness (QED) is 0.394. The predicted octanol–water partition coefficient (Wildman–Crippen LogP) is 5.53. The Morgan fingerprint density at radius 3 is 2.39 bits per heavy atom. The molecular formula is C27H34NO8PS. The van der Waals surface area contributed by atoms with E-state index in [0.717, 1.165) is 63.1 Å². The first kappa shape index (κ1) is 28.5. The van der Waals surface area contributed by atoms with E-state index in [-0.39, 0.29) is 0 Å². The van der Waals surface area contributed by atoms with Gasteiger partial charge in [0.2, 0.25) is 5.91 Å². The van der Waals surface area contributed by atoms with Gasteiger partial charge in [-0.3, -0.25) is 19.1 Å². The summed E-state index contributed by atoms with van der Waals surface area (Å²) < 4.78 is 34.6. The monoisotopic (exact) mass is 563 g/mol. The number of thioether (sulfide) groups is 1. The lowest BCUT2D eigenvalue weighted by Crippen LogP contribution is -2.42. The molecule has 206 valence electrons. The van der Waals surface area contributed by atoms with E-state index in [0.29, 0.717) is 24.5 Å². The van der Waals surface area contributed by atoms with Crippen LogP contribution in [0.1, 0.15) is 41.2 Å². The van der Waals surface area contributed by atoms with E-state index in [1.54, 1.807) is 0 Å². The van der Waals surface area contributed by atoms with Crippen LogP contribution in [0.25, 0.3) is 0 Å². The molecule has 2 atom stereocenters. The molecular weight excluding hydrogens is 529 g/mol. The molecule has 2 unspecified atom stereocenters. The summed E-state index contributed by atoms with van der Waals surface area (Å²) in [4.78, 5) is 26.1. The highest BCUT2D eigenvalue weighted by Crippen LogP contribution is 2.49. The average molecular weight is 564 g/mol. The van der Waals surface area contributed by atoms with Crippen molar-refractivity contribution < 1.29 is 37.8 Å². The van der Waals surface area contributed by atoms with Crippen LogP contribution in [0.15, 0.2) is 24.3 Å². The van der Waals surface area contributed by atoms with Crippen molar-refractivity contribution in [1.82, 2.24) is 4.90 Å². The molecule has 0 aromatic heterocycles. The van der Waals surface area contributed by atoms with E-state index in [1.807, 2.05) is 52.0 Å². The first-order chi connectivity index (χ1) is 17.9. The second-order valence-electron chi connectivity index (χ2n) is 9.98. The first-order valence-corrected chi connectivity index (χ1v) is 15.0. The molecule has 1 saturated heterocycles. The lowest BCUT2D eigenvalue weighted by atomic mass is 9.87. The fourth-order valence-corrected chi connectivity index (χ4v) is 6.81. The summed E-state index contributed by atoms with van der Waals surface area (Å²) in [5.74, 6) is 1.43. The van der Waals surface area contributed by atoms with Gasteiger partial charge in [0.25, 0.3) is 5.24 Å². The minimum absolute atomic E-state index is 0.338. The van der Waals surface area contributed by atoms with E-state index >= 15 is 0 Å². The fraction of sp³-hybridized carbons (Fsp3) is 0.481. The van der Waals surface area contributed by atoms with Crippen molar-refractivity contribution in [3.05, 3.63) is 52.1 Å². The Hall–Kier alpha value is -2.52. The van der Waals surface area contributed by atoms with Crippen LogP contribution in [-0.4, -0.2) is 59.1 Å². The van der Waals surface area contributed by atoms with Crippen molar-refractivity contribution in [3.63, 3.8) is 0 Å². The van der Waals surface area contributed by atoms with E-state index in [9.17, 15) is 19.3 Å². The number of phenols is 1. The van der Waals surface area contributed by atoms with Gasteiger partial charge in [0.15, 0.2) is 0 Å². The highest BCUT2D eigenvalue weighted by molar-refractivity contribution is 8.15. The zero-order valence-corrected chi connectivity index (χ0v) is 24.2. The first-order valence-electron chi connectivity index (χ1n) is 12.3. The normalized spacial score (nSPS) is 21.4. The Morgan fingerprint density at radius 2 is 1.76 bits per heavy atom. The minimum atomic E-state index is -3.54. The number of benzene rings is 2. The minimum Gasteiger partial charge on any atom is -0.507 e. The molecule has 11 heteroatoms. The smallest absolute Gasteiger partial charge is 0.349 e. The molecule has 0 aliphatic carbocycles. The van der Waals surface area contributed by atoms with Gasteiger partial charge < -0.3 is 23.6 Å². The number of aromatic hydroxyl groups is 1. The third-order valence-electron chi connectivity index (χ3n) is 7.36. The maximum Gasteiger partial charge on any atom is 0.349 e. The summed E-state index contributed by atoms with van der Waals surface area (Å²) in [6.45, 7) is 8.16. The second-order valence-corrected chi connectivity index (χ2v) is 13.4. The Bertz CT molecular complexity index is 1290. The van der Waals surface area contributed by atoms with Crippen molar-refractivity contribution in [2.75, 3.05) is 27.1 Å². The number of ether oxygens (including phenoxy) is 2. The summed E-state index contributed by atoms with van der Waals surface area (Å²) in [6, 6.07) is 7.40. The number of nitrogens with zero attached hydrogens (tertiary/aromatic N) is 1. The molecule has 38 heavy (non-hydrogen) atoms. The molecule has 0 radical (unpaired) electrons. The Kier molecular flexibility index (Phi) is 8.19. The van der Waals surface area contributed by atoms with Gasteiger partial charge in [-0.05, 0) is 81.3 Å². The van der Waals surface area contributed by atoms with Crippen molar-refractivity contribution in [2.45, 2.75) is 57.8 Å². The van der Waals surface area contributed by atoms with Crippen molar-refractivity contribution in [3.8, 4) is 17.2 Å². The van der Waals surface area contributed by atoms with E-state index < -0.39 is 35.9 Å². The maximum atomic E-state index is 12.8. The van der Waals surface area contributed by atoms with Gasteiger partial charge in [-0.25, -0.2) is 0 Å². The number of fused-ring (bicyclic) bond motifs is 1. The van der Waals surface area contributed by atoms with Gasteiger partial charge in [0, 0.05) is 19.8 Å². The molecule has 2 aromatic rings. The highest BCUT2D eigenvalue weighted by atomic mass is 32.2. The standard InChI is InChI=1S/C27H34NO8PS/c1-16-17(2)24-21(18(3)23(16)29)11-12-27(4,36-24)14-35-20-9-7-19(8-10-20)13-22-25(30)28(26(31)38-22)15-37(32,33-5)34-6/h7-10,22,29H,11-15H2,1-6H3. The Balaban J connectivity index is 1.36. The number of carbonyl (C=O) groups excluding carboxylic acids is 2. The van der Waals surface area contributed by atoms with Crippen LogP contribution in [0.3, 0.4) is 0 Å². The molecule has 2 amide bonds. The maximum absolute atomic E-state index is 12.8. The largest absolute Gasteiger partial charge is 0.507 e. The number of hydrogen-bond acceptors (Lipinski definition) is 9. The average Bonchev–Trinajstić information content (AvgIpc) is 3.17. The molecule has 0 spiro atoms. The molecule has 1 fully saturated rings. The van der Waals surface area contributed by atoms with Gasteiger partial charge in [-0.15, -0.1) is 0 Å². The van der Waals surface area contributed by atoms with Gasteiger partial charge in [-0.1, -0.05) is 23.9 Å². The second kappa shape index (κ2) is 10.9. The van der Waals surface area contributed by atoms with Crippen LogP contribution in [0.2, 0.25) is 0 Å². The third-order valence-corrected chi connectivity index (χ3v) is 10.2. The number of amides is 2. The number of phenolic OH excluding ortho intramolecular Hbond substituents is 1. The summed E-state index contributed by atoms with van der Waals surface area (Å²) in [5, 5.41) is 9.33. The van der Waals surface area contributed by atoms with Crippen LogP contribution in [0.4, 0.5) is 4.79 Å². The van der Waals surface area contributed by atoms with E-state index in [2.05, 4.69) is 0 Å². The van der Waals surface area contributed by atoms with Gasteiger partial charge in [0.05, 0.1) is 5.25 Å². The van der Waals surface area contributed by atoms with E-state index in [4.69, 9.17) is 18.5 Å². The number of rotatable bonds is 9. The number of imide groups is 1. The van der Waals surface area contributed by atoms with Crippen molar-refractivity contribution >= 4 is 30.5 Å². The molecule has 4 rings (SSSR count). The number of hydrogen-bond donors (Lipinski definition) is 1. The van der Waals surface area contributed by atoms with Crippen LogP contribution in [0.5, 0.6) is 17.2 Å². The fourth-order valence-electron chi connectivity index (χ4n) is 4.69. The predicted molar refractivity (Wildman–Crippen MR) is 145 cm³/mol. The molecule has 2 heterocycles. The molecule has 2 aliphatic heterocycles. The zero-order chi connectivity index (χ0) is 27.8. The molecule has 0 bridgehead atoms.